The van der Waals surface area contributed by atoms with Crippen LogP contribution >= 0.6 is 11.3 Å². The smallest absolute Gasteiger partial charge is 0.146 e. The maximum Gasteiger partial charge on any atom is 0.146 e. The van der Waals surface area contributed by atoms with Crippen LogP contribution in [-0.2, 0) is 4.79 Å². The normalized spacial score (nSPS) is 36.4. The molecule has 1 aliphatic heterocycles. The van der Waals surface area contributed by atoms with Gasteiger partial charge in [-0.1, -0.05) is 6.92 Å². The third kappa shape index (κ3) is 1.94. The van der Waals surface area contributed by atoms with Crippen LogP contribution in [0.2, 0.25) is 0 Å². The quantitative estimate of drug-likeness (QED) is 0.843. The van der Waals surface area contributed by atoms with Gasteiger partial charge in [-0.15, -0.1) is 11.3 Å². The molecule has 1 aromatic heterocycles. The van der Waals surface area contributed by atoms with E-state index in [1.54, 1.807) is 11.3 Å². The number of hydrogen-bond donors (Lipinski definition) is 1. The molecule has 4 unspecified atom stereocenters. The van der Waals surface area contributed by atoms with Gasteiger partial charge < -0.3 is 5.32 Å². The summed E-state index contributed by atoms with van der Waals surface area (Å²) in [4.78, 5) is 14.1. The number of aryl methyl sites for hydroxylation is 1. The summed E-state index contributed by atoms with van der Waals surface area (Å²) in [6.07, 6.45) is 3.33. The predicted molar refractivity (Wildman–Crippen MR) is 75.1 cm³/mol. The van der Waals surface area contributed by atoms with E-state index in [-0.39, 0.29) is 11.8 Å². The minimum atomic E-state index is 0.175. The molecule has 0 amide bonds. The lowest BCUT2D eigenvalue weighted by Crippen LogP contribution is -2.52. The van der Waals surface area contributed by atoms with Crippen LogP contribution in [0, 0.1) is 18.8 Å². The number of Topliss-reactive ketones (excluding diaryl/α,β-unsaturated/α-hetero) is 1. The van der Waals surface area contributed by atoms with Crippen molar-refractivity contribution in [1.29, 1.82) is 0 Å². The molecule has 2 nitrogen and oxygen atoms in total. The lowest BCUT2D eigenvalue weighted by molar-refractivity contribution is -0.130. The Balaban J connectivity index is 1.87. The van der Waals surface area contributed by atoms with E-state index >= 15 is 0 Å². The summed E-state index contributed by atoms with van der Waals surface area (Å²) in [5.74, 6) is 1.47. The molecule has 0 spiro atoms. The van der Waals surface area contributed by atoms with Gasteiger partial charge in [0.05, 0.1) is 5.92 Å². The van der Waals surface area contributed by atoms with Crippen molar-refractivity contribution < 1.29 is 4.79 Å². The van der Waals surface area contributed by atoms with Gasteiger partial charge in [0.15, 0.2) is 0 Å². The van der Waals surface area contributed by atoms with E-state index in [0.717, 1.165) is 25.8 Å². The summed E-state index contributed by atoms with van der Waals surface area (Å²) in [6.45, 7) is 5.46. The number of rotatable bonds is 1. The Morgan fingerprint density at radius 2 is 2.17 bits per heavy atom. The number of carbonyl (C=O) groups is 1. The first-order valence-corrected chi connectivity index (χ1v) is 7.87. The largest absolute Gasteiger partial charge is 0.313 e. The lowest BCUT2D eigenvalue weighted by atomic mass is 9.68. The molecule has 0 radical (unpaired) electrons. The molecule has 3 rings (SSSR count). The maximum atomic E-state index is 12.8. The molecule has 1 saturated carbocycles. The second-order valence-electron chi connectivity index (χ2n) is 5.85. The number of ketones is 1. The average Bonchev–Trinajstić information content (AvgIpc) is 2.76. The second-order valence-corrected chi connectivity index (χ2v) is 6.80. The summed E-state index contributed by atoms with van der Waals surface area (Å²) in [6, 6.07) is 2.58. The first-order chi connectivity index (χ1) is 8.68. The van der Waals surface area contributed by atoms with Crippen LogP contribution in [0.25, 0.3) is 0 Å². The van der Waals surface area contributed by atoms with Crippen molar-refractivity contribution in [3.8, 4) is 0 Å². The van der Waals surface area contributed by atoms with Gasteiger partial charge in [0.25, 0.3) is 0 Å². The van der Waals surface area contributed by atoms with Crippen LogP contribution in [0.3, 0.4) is 0 Å². The van der Waals surface area contributed by atoms with Crippen molar-refractivity contribution in [2.75, 3.05) is 6.54 Å². The molecular formula is C15H21NOS. The predicted octanol–water partition coefficient (Wildman–Crippen LogP) is 3.12. The van der Waals surface area contributed by atoms with Gasteiger partial charge in [-0.05, 0) is 55.7 Å². The summed E-state index contributed by atoms with van der Waals surface area (Å²) < 4.78 is 0. The molecule has 4 atom stereocenters. The molecule has 0 aromatic carbocycles. The Kier molecular flexibility index (Phi) is 3.29. The highest BCUT2D eigenvalue weighted by atomic mass is 32.1. The van der Waals surface area contributed by atoms with Gasteiger partial charge in [-0.3, -0.25) is 4.79 Å². The fourth-order valence-electron chi connectivity index (χ4n) is 3.68. The van der Waals surface area contributed by atoms with Gasteiger partial charge in [0.2, 0.25) is 0 Å². The summed E-state index contributed by atoms with van der Waals surface area (Å²) >= 11 is 1.76. The first kappa shape index (κ1) is 12.4. The number of thiophene rings is 1. The molecule has 1 aliphatic carbocycles. The second kappa shape index (κ2) is 4.78. The van der Waals surface area contributed by atoms with E-state index in [1.165, 1.54) is 10.4 Å². The molecular weight excluding hydrogens is 242 g/mol. The van der Waals surface area contributed by atoms with Gasteiger partial charge >= 0.3 is 0 Å². The van der Waals surface area contributed by atoms with E-state index < -0.39 is 0 Å². The van der Waals surface area contributed by atoms with Crippen molar-refractivity contribution in [2.24, 2.45) is 11.8 Å². The number of nitrogens with one attached hydrogen (secondary N) is 1. The summed E-state index contributed by atoms with van der Waals surface area (Å²) in [5, 5.41) is 5.66. The molecule has 0 bridgehead atoms. The van der Waals surface area contributed by atoms with E-state index in [4.69, 9.17) is 0 Å². The fourth-order valence-corrected chi connectivity index (χ4v) is 4.75. The number of fused-ring (bicyclic) bond motifs is 1. The molecule has 2 heterocycles. The van der Waals surface area contributed by atoms with Crippen molar-refractivity contribution >= 4 is 17.1 Å². The minimum absolute atomic E-state index is 0.175. The highest BCUT2D eigenvalue weighted by Crippen LogP contribution is 2.41. The Morgan fingerprint density at radius 1 is 1.33 bits per heavy atom. The standard InChI is InChI=1S/C15H21NOS/c1-9-5-7-16-12-4-3-11(14(17)13(9)12)15-10(2)6-8-18-15/h6,8-9,11-13,16H,3-5,7H2,1-2H3. The summed E-state index contributed by atoms with van der Waals surface area (Å²) in [5.41, 5.74) is 1.30. The monoisotopic (exact) mass is 263 g/mol. The molecule has 18 heavy (non-hydrogen) atoms. The van der Waals surface area contributed by atoms with Crippen LogP contribution < -0.4 is 5.32 Å². The van der Waals surface area contributed by atoms with E-state index in [0.29, 0.717) is 17.7 Å². The molecule has 1 N–H and O–H groups in total. The molecule has 98 valence electrons. The van der Waals surface area contributed by atoms with Crippen molar-refractivity contribution in [3.05, 3.63) is 21.9 Å². The lowest BCUT2D eigenvalue weighted by Gasteiger charge is -2.42. The van der Waals surface area contributed by atoms with Gasteiger partial charge in [-0.2, -0.15) is 0 Å². The van der Waals surface area contributed by atoms with Crippen LogP contribution in [0.4, 0.5) is 0 Å². The maximum absolute atomic E-state index is 12.8. The zero-order valence-electron chi connectivity index (χ0n) is 11.1. The average molecular weight is 263 g/mol. The topological polar surface area (TPSA) is 29.1 Å². The van der Waals surface area contributed by atoms with Crippen LogP contribution in [0.15, 0.2) is 11.4 Å². The molecule has 3 heteroatoms. The number of piperidine rings is 1. The van der Waals surface area contributed by atoms with E-state index in [1.807, 2.05) is 0 Å². The zero-order chi connectivity index (χ0) is 12.7. The molecule has 1 aromatic rings. The molecule has 2 fully saturated rings. The van der Waals surface area contributed by atoms with Crippen molar-refractivity contribution in [1.82, 2.24) is 5.32 Å². The molecule has 2 aliphatic rings. The van der Waals surface area contributed by atoms with E-state index in [9.17, 15) is 4.79 Å². The third-order valence-electron chi connectivity index (χ3n) is 4.71. The fraction of sp³-hybridized carbons (Fsp3) is 0.667. The van der Waals surface area contributed by atoms with E-state index in [2.05, 4.69) is 30.6 Å². The minimum Gasteiger partial charge on any atom is -0.313 e. The molecule has 1 saturated heterocycles. The summed E-state index contributed by atoms with van der Waals surface area (Å²) in [7, 11) is 0. The first-order valence-electron chi connectivity index (χ1n) is 6.99. The zero-order valence-corrected chi connectivity index (χ0v) is 11.9. The third-order valence-corrected chi connectivity index (χ3v) is 5.84. The van der Waals surface area contributed by atoms with Crippen LogP contribution in [0.1, 0.15) is 42.5 Å². The Hall–Kier alpha value is -0.670. The Morgan fingerprint density at radius 3 is 2.89 bits per heavy atom. The highest BCUT2D eigenvalue weighted by molar-refractivity contribution is 7.10. The van der Waals surface area contributed by atoms with Crippen molar-refractivity contribution in [2.45, 2.75) is 45.1 Å². The van der Waals surface area contributed by atoms with Gasteiger partial charge in [-0.25, -0.2) is 0 Å². The van der Waals surface area contributed by atoms with Gasteiger partial charge in [0.1, 0.15) is 5.78 Å². The van der Waals surface area contributed by atoms with Crippen LogP contribution in [0.5, 0.6) is 0 Å². The number of carbonyl (C=O) groups excluding carboxylic acids is 1. The number of hydrogen-bond acceptors (Lipinski definition) is 3. The van der Waals surface area contributed by atoms with Crippen LogP contribution in [-0.4, -0.2) is 18.4 Å². The Bertz CT molecular complexity index is 453. The SMILES string of the molecule is Cc1ccsc1C1CCC2NCCC(C)C2C1=O. The Labute approximate surface area is 113 Å². The highest BCUT2D eigenvalue weighted by Gasteiger charge is 2.43. The van der Waals surface area contributed by atoms with Gasteiger partial charge in [0, 0.05) is 16.8 Å². The van der Waals surface area contributed by atoms with Crippen molar-refractivity contribution in [3.63, 3.8) is 0 Å².